The maximum atomic E-state index is 11.6. The Morgan fingerprint density at radius 3 is 2.80 bits per heavy atom. The SMILES string of the molecule is O=C(O)/C=C/CN1CCCCCCC1=O. The minimum absolute atomic E-state index is 0.143. The van der Waals surface area contributed by atoms with E-state index in [0.717, 1.165) is 38.3 Å². The number of carboxylic acids is 1. The molecule has 1 saturated heterocycles. The Morgan fingerprint density at radius 2 is 2.07 bits per heavy atom. The molecule has 1 fully saturated rings. The molecule has 1 amide bonds. The van der Waals surface area contributed by atoms with Gasteiger partial charge in [-0.3, -0.25) is 4.79 Å². The molecule has 0 spiro atoms. The number of likely N-dealkylation sites (tertiary alicyclic amines) is 1. The minimum atomic E-state index is -0.963. The topological polar surface area (TPSA) is 57.6 Å². The minimum Gasteiger partial charge on any atom is -0.478 e. The van der Waals surface area contributed by atoms with Crippen LogP contribution in [-0.4, -0.2) is 35.0 Å². The van der Waals surface area contributed by atoms with E-state index in [-0.39, 0.29) is 5.91 Å². The van der Waals surface area contributed by atoms with Crippen molar-refractivity contribution < 1.29 is 14.7 Å². The van der Waals surface area contributed by atoms with Gasteiger partial charge in [-0.2, -0.15) is 0 Å². The lowest BCUT2D eigenvalue weighted by Crippen LogP contribution is -2.33. The first-order chi connectivity index (χ1) is 7.20. The van der Waals surface area contributed by atoms with Crippen LogP contribution in [0.5, 0.6) is 0 Å². The molecule has 1 aliphatic rings. The summed E-state index contributed by atoms with van der Waals surface area (Å²) in [4.78, 5) is 23.6. The molecule has 84 valence electrons. The normalized spacial score (nSPS) is 18.9. The molecule has 0 atom stereocenters. The van der Waals surface area contributed by atoms with Crippen molar-refractivity contribution in [1.82, 2.24) is 4.90 Å². The third-order valence-corrected chi connectivity index (χ3v) is 2.51. The highest BCUT2D eigenvalue weighted by Gasteiger charge is 2.13. The van der Waals surface area contributed by atoms with E-state index in [0.29, 0.717) is 13.0 Å². The van der Waals surface area contributed by atoms with Crippen LogP contribution in [0.1, 0.15) is 32.1 Å². The highest BCUT2D eigenvalue weighted by atomic mass is 16.4. The van der Waals surface area contributed by atoms with Crippen molar-refractivity contribution in [2.24, 2.45) is 0 Å². The third kappa shape index (κ3) is 4.63. The lowest BCUT2D eigenvalue weighted by atomic mass is 10.1. The second kappa shape index (κ2) is 6.22. The average molecular weight is 211 g/mol. The van der Waals surface area contributed by atoms with E-state index in [1.165, 1.54) is 6.08 Å². The van der Waals surface area contributed by atoms with E-state index < -0.39 is 5.97 Å². The average Bonchev–Trinajstić information content (AvgIpc) is 2.16. The molecule has 0 aliphatic carbocycles. The molecule has 0 aromatic carbocycles. The van der Waals surface area contributed by atoms with Crippen molar-refractivity contribution >= 4 is 11.9 Å². The molecule has 15 heavy (non-hydrogen) atoms. The van der Waals surface area contributed by atoms with E-state index in [9.17, 15) is 9.59 Å². The molecule has 0 bridgehead atoms. The van der Waals surface area contributed by atoms with Gasteiger partial charge in [-0.05, 0) is 12.8 Å². The maximum Gasteiger partial charge on any atom is 0.328 e. The van der Waals surface area contributed by atoms with E-state index >= 15 is 0 Å². The Balaban J connectivity index is 2.42. The predicted molar refractivity (Wildman–Crippen MR) is 56.4 cm³/mol. The molecule has 0 radical (unpaired) electrons. The van der Waals surface area contributed by atoms with Crippen LogP contribution < -0.4 is 0 Å². The number of nitrogens with zero attached hydrogens (tertiary/aromatic N) is 1. The van der Waals surface area contributed by atoms with E-state index in [1.54, 1.807) is 4.90 Å². The zero-order chi connectivity index (χ0) is 11.1. The molecule has 1 aliphatic heterocycles. The van der Waals surface area contributed by atoms with Gasteiger partial charge >= 0.3 is 5.97 Å². The van der Waals surface area contributed by atoms with Crippen LogP contribution in [0, 0.1) is 0 Å². The van der Waals surface area contributed by atoms with Crippen molar-refractivity contribution in [3.05, 3.63) is 12.2 Å². The Hall–Kier alpha value is -1.32. The van der Waals surface area contributed by atoms with E-state index in [4.69, 9.17) is 5.11 Å². The molecule has 0 aromatic rings. The summed E-state index contributed by atoms with van der Waals surface area (Å²) in [6.07, 6.45) is 7.48. The van der Waals surface area contributed by atoms with Gasteiger partial charge in [0.05, 0.1) is 0 Å². The molecular formula is C11H17NO3. The van der Waals surface area contributed by atoms with Crippen LogP contribution in [-0.2, 0) is 9.59 Å². The fourth-order valence-corrected chi connectivity index (χ4v) is 1.69. The first-order valence-corrected chi connectivity index (χ1v) is 5.37. The largest absolute Gasteiger partial charge is 0.478 e. The number of carbonyl (C=O) groups excluding carboxylic acids is 1. The molecule has 1 heterocycles. The lowest BCUT2D eigenvalue weighted by molar-refractivity contribution is -0.132. The first-order valence-electron chi connectivity index (χ1n) is 5.37. The van der Waals surface area contributed by atoms with Crippen molar-refractivity contribution in [2.45, 2.75) is 32.1 Å². The van der Waals surface area contributed by atoms with Crippen LogP contribution in [0.25, 0.3) is 0 Å². The Labute approximate surface area is 89.6 Å². The Kier molecular flexibility index (Phi) is 4.87. The summed E-state index contributed by atoms with van der Waals surface area (Å²) in [6.45, 7) is 1.17. The van der Waals surface area contributed by atoms with Crippen LogP contribution in [0.2, 0.25) is 0 Å². The van der Waals surface area contributed by atoms with Gasteiger partial charge in [-0.25, -0.2) is 4.79 Å². The summed E-state index contributed by atoms with van der Waals surface area (Å²) in [7, 11) is 0. The number of aliphatic carboxylic acids is 1. The summed E-state index contributed by atoms with van der Waals surface area (Å²) >= 11 is 0. The number of rotatable bonds is 3. The molecule has 0 saturated carbocycles. The summed E-state index contributed by atoms with van der Waals surface area (Å²) in [6, 6.07) is 0. The molecule has 4 nitrogen and oxygen atoms in total. The van der Waals surface area contributed by atoms with Crippen LogP contribution in [0.4, 0.5) is 0 Å². The van der Waals surface area contributed by atoms with Gasteiger partial charge < -0.3 is 10.0 Å². The Bertz CT molecular complexity index is 261. The van der Waals surface area contributed by atoms with Gasteiger partial charge in [-0.1, -0.05) is 18.9 Å². The maximum absolute atomic E-state index is 11.6. The van der Waals surface area contributed by atoms with Crippen molar-refractivity contribution in [2.75, 3.05) is 13.1 Å². The number of amides is 1. The summed E-state index contributed by atoms with van der Waals surface area (Å²) < 4.78 is 0. The van der Waals surface area contributed by atoms with Gasteiger partial charge in [0.1, 0.15) is 0 Å². The third-order valence-electron chi connectivity index (χ3n) is 2.51. The van der Waals surface area contributed by atoms with Crippen molar-refractivity contribution in [1.29, 1.82) is 0 Å². The predicted octanol–water partition coefficient (Wildman–Crippen LogP) is 1.42. The standard InChI is InChI=1S/C11H17NO3/c13-10-6-3-1-2-4-8-12(10)9-5-7-11(14)15/h5,7H,1-4,6,8-9H2,(H,14,15)/b7-5+. The number of hydrogen-bond donors (Lipinski definition) is 1. The molecule has 4 heteroatoms. The fourth-order valence-electron chi connectivity index (χ4n) is 1.69. The number of carboxylic acid groups (broad SMARTS) is 1. The summed E-state index contributed by atoms with van der Waals surface area (Å²) in [5.41, 5.74) is 0. The molecule has 1 N–H and O–H groups in total. The summed E-state index contributed by atoms with van der Waals surface area (Å²) in [5.74, 6) is -0.820. The smallest absolute Gasteiger partial charge is 0.328 e. The second-order valence-electron chi connectivity index (χ2n) is 3.74. The summed E-state index contributed by atoms with van der Waals surface area (Å²) in [5, 5.41) is 8.42. The molecular weight excluding hydrogens is 194 g/mol. The monoisotopic (exact) mass is 211 g/mol. The van der Waals surface area contributed by atoms with Crippen LogP contribution >= 0.6 is 0 Å². The lowest BCUT2D eigenvalue weighted by Gasteiger charge is -2.23. The van der Waals surface area contributed by atoms with E-state index in [2.05, 4.69) is 0 Å². The van der Waals surface area contributed by atoms with Crippen LogP contribution in [0.3, 0.4) is 0 Å². The van der Waals surface area contributed by atoms with Crippen molar-refractivity contribution in [3.63, 3.8) is 0 Å². The van der Waals surface area contributed by atoms with Gasteiger partial charge in [-0.15, -0.1) is 0 Å². The van der Waals surface area contributed by atoms with Gasteiger partial charge in [0.15, 0.2) is 0 Å². The molecule has 1 rings (SSSR count). The van der Waals surface area contributed by atoms with Gasteiger partial charge in [0, 0.05) is 25.6 Å². The highest BCUT2D eigenvalue weighted by molar-refractivity contribution is 5.80. The molecule has 0 aromatic heterocycles. The Morgan fingerprint density at radius 1 is 1.33 bits per heavy atom. The fraction of sp³-hybridized carbons (Fsp3) is 0.636. The quantitative estimate of drug-likeness (QED) is 0.718. The zero-order valence-corrected chi connectivity index (χ0v) is 8.82. The number of hydrogen-bond acceptors (Lipinski definition) is 2. The van der Waals surface area contributed by atoms with Crippen molar-refractivity contribution in [3.8, 4) is 0 Å². The van der Waals surface area contributed by atoms with Crippen LogP contribution in [0.15, 0.2) is 12.2 Å². The van der Waals surface area contributed by atoms with E-state index in [1.807, 2.05) is 0 Å². The van der Waals surface area contributed by atoms with Gasteiger partial charge in [0.2, 0.25) is 5.91 Å². The highest BCUT2D eigenvalue weighted by Crippen LogP contribution is 2.11. The zero-order valence-electron chi connectivity index (χ0n) is 8.82. The molecule has 0 unspecified atom stereocenters. The van der Waals surface area contributed by atoms with Gasteiger partial charge in [0.25, 0.3) is 0 Å². The number of carbonyl (C=O) groups is 2. The first kappa shape index (κ1) is 11.8. The second-order valence-corrected chi connectivity index (χ2v) is 3.74.